The maximum absolute atomic E-state index is 12.4. The molecule has 2 saturated carbocycles. The van der Waals surface area contributed by atoms with Crippen molar-refractivity contribution in [3.63, 3.8) is 0 Å². The van der Waals surface area contributed by atoms with Gasteiger partial charge >= 0.3 is 5.97 Å². The first-order chi connectivity index (χ1) is 12.5. The quantitative estimate of drug-likeness (QED) is 0.393. The second-order valence-corrected chi connectivity index (χ2v) is 8.83. The Labute approximate surface area is 160 Å². The van der Waals surface area contributed by atoms with Crippen LogP contribution in [0.2, 0.25) is 0 Å². The highest BCUT2D eigenvalue weighted by Crippen LogP contribution is 2.39. The number of ether oxygens (including phenoxy) is 1. The van der Waals surface area contributed by atoms with Crippen molar-refractivity contribution in [3.8, 4) is 0 Å². The summed E-state index contributed by atoms with van der Waals surface area (Å²) in [6.07, 6.45) is 8.71. The van der Waals surface area contributed by atoms with E-state index in [1.165, 1.54) is 19.8 Å². The molecule has 1 N–H and O–H groups in total. The number of carbonyl (C=O) groups excluding carboxylic acids is 2. The van der Waals surface area contributed by atoms with Crippen LogP contribution in [0.15, 0.2) is 5.16 Å². The fraction of sp³-hybridized carbons (Fsp3) is 0.842. The summed E-state index contributed by atoms with van der Waals surface area (Å²) in [6, 6.07) is 0. The van der Waals surface area contributed by atoms with Crippen LogP contribution >= 0.6 is 11.8 Å². The zero-order valence-electron chi connectivity index (χ0n) is 15.8. The summed E-state index contributed by atoms with van der Waals surface area (Å²) < 4.78 is 5.63. The Morgan fingerprint density at radius 1 is 1.00 bits per heavy atom. The molecule has 0 heterocycles. The standard InChI is InChI=1S/C19H31NO5S/c1-13(20-25-14(2)22)19(23)15-3-7-17(8-4-15)26-18-9-5-16(6-10-18)24-12-11-21/h15-18,21H,3-12H2,1-2H3/b20-13-. The number of hydrogen-bond donors (Lipinski definition) is 1. The first kappa shape index (κ1) is 21.4. The van der Waals surface area contributed by atoms with Crippen LogP contribution in [0.3, 0.4) is 0 Å². The Morgan fingerprint density at radius 3 is 2.12 bits per heavy atom. The number of rotatable bonds is 8. The Balaban J connectivity index is 1.68. The molecule has 6 nitrogen and oxygen atoms in total. The number of thioether (sulfide) groups is 1. The van der Waals surface area contributed by atoms with Crippen molar-refractivity contribution in [1.82, 2.24) is 0 Å². The van der Waals surface area contributed by atoms with Crippen LogP contribution in [0.5, 0.6) is 0 Å². The zero-order valence-corrected chi connectivity index (χ0v) is 16.6. The van der Waals surface area contributed by atoms with Crippen molar-refractivity contribution in [1.29, 1.82) is 0 Å². The Hall–Kier alpha value is -0.920. The summed E-state index contributed by atoms with van der Waals surface area (Å²) in [5.74, 6) is -0.487. The van der Waals surface area contributed by atoms with Crippen LogP contribution in [-0.4, -0.2) is 52.4 Å². The average molecular weight is 386 g/mol. The molecule has 0 aromatic rings. The lowest BCUT2D eigenvalue weighted by Gasteiger charge is -2.33. The highest BCUT2D eigenvalue weighted by molar-refractivity contribution is 8.00. The van der Waals surface area contributed by atoms with Gasteiger partial charge in [0.25, 0.3) is 0 Å². The van der Waals surface area contributed by atoms with E-state index >= 15 is 0 Å². The summed E-state index contributed by atoms with van der Waals surface area (Å²) in [7, 11) is 0. The van der Waals surface area contributed by atoms with E-state index in [0.29, 0.717) is 23.2 Å². The molecule has 0 spiro atoms. The monoisotopic (exact) mass is 385 g/mol. The Morgan fingerprint density at radius 2 is 1.58 bits per heavy atom. The lowest BCUT2D eigenvalue weighted by Crippen LogP contribution is -2.29. The maximum Gasteiger partial charge on any atom is 0.331 e. The fourth-order valence-corrected chi connectivity index (χ4v) is 5.39. The van der Waals surface area contributed by atoms with E-state index in [4.69, 9.17) is 9.84 Å². The predicted octanol–water partition coefficient (Wildman–Crippen LogP) is 3.11. The number of aliphatic hydroxyl groups is 1. The van der Waals surface area contributed by atoms with E-state index in [0.717, 1.165) is 38.5 Å². The average Bonchev–Trinajstić information content (AvgIpc) is 2.65. The van der Waals surface area contributed by atoms with Gasteiger partial charge in [-0.15, -0.1) is 0 Å². The minimum atomic E-state index is -0.506. The van der Waals surface area contributed by atoms with Crippen LogP contribution in [0.4, 0.5) is 0 Å². The van der Waals surface area contributed by atoms with Gasteiger partial charge in [-0.2, -0.15) is 11.8 Å². The summed E-state index contributed by atoms with van der Waals surface area (Å²) >= 11 is 2.09. The van der Waals surface area contributed by atoms with Crippen LogP contribution in [0, 0.1) is 5.92 Å². The fourth-order valence-electron chi connectivity index (χ4n) is 3.76. The van der Waals surface area contributed by atoms with Crippen LogP contribution in [0.25, 0.3) is 0 Å². The number of nitrogens with zero attached hydrogens (tertiary/aromatic N) is 1. The first-order valence-corrected chi connectivity index (χ1v) is 10.6. The van der Waals surface area contributed by atoms with E-state index in [1.54, 1.807) is 6.92 Å². The molecule has 0 aromatic heterocycles. The summed E-state index contributed by atoms with van der Waals surface area (Å²) in [5.41, 5.74) is 0.289. The number of aliphatic hydroxyl groups excluding tert-OH is 1. The van der Waals surface area contributed by atoms with Gasteiger partial charge < -0.3 is 14.7 Å². The van der Waals surface area contributed by atoms with Gasteiger partial charge in [-0.3, -0.25) is 4.79 Å². The molecule has 0 bridgehead atoms. The van der Waals surface area contributed by atoms with E-state index < -0.39 is 5.97 Å². The molecule has 2 aliphatic carbocycles. The largest absolute Gasteiger partial charge is 0.394 e. The third kappa shape index (κ3) is 7.00. The van der Waals surface area contributed by atoms with Gasteiger partial charge in [0, 0.05) is 23.3 Å². The van der Waals surface area contributed by atoms with Gasteiger partial charge in [0.1, 0.15) is 5.71 Å². The van der Waals surface area contributed by atoms with Gasteiger partial charge in [-0.25, -0.2) is 4.79 Å². The molecule has 7 heteroatoms. The van der Waals surface area contributed by atoms with Crippen LogP contribution in [0.1, 0.15) is 65.2 Å². The van der Waals surface area contributed by atoms with Crippen LogP contribution < -0.4 is 0 Å². The summed E-state index contributed by atoms with van der Waals surface area (Å²) in [6.45, 7) is 3.43. The Kier molecular flexibility index (Phi) is 9.08. The summed E-state index contributed by atoms with van der Waals surface area (Å²) in [5, 5.41) is 13.8. The minimum Gasteiger partial charge on any atom is -0.394 e. The second-order valence-electron chi connectivity index (χ2n) is 7.23. The molecule has 0 aliphatic heterocycles. The van der Waals surface area contributed by atoms with E-state index in [2.05, 4.69) is 21.8 Å². The number of Topliss-reactive ketones (excluding diaryl/α,β-unsaturated/α-hetero) is 1. The molecule has 0 radical (unpaired) electrons. The molecule has 2 rings (SSSR count). The molecule has 0 aromatic carbocycles. The van der Waals surface area contributed by atoms with Crippen molar-refractivity contribution in [3.05, 3.63) is 0 Å². The third-order valence-corrected chi connectivity index (χ3v) is 6.88. The van der Waals surface area contributed by atoms with Crippen molar-refractivity contribution < 1.29 is 24.3 Å². The molecular formula is C19H31NO5S. The molecular weight excluding hydrogens is 354 g/mol. The number of oxime groups is 1. The van der Waals surface area contributed by atoms with E-state index in [-0.39, 0.29) is 24.0 Å². The smallest absolute Gasteiger partial charge is 0.331 e. The highest BCUT2D eigenvalue weighted by atomic mass is 32.2. The molecule has 0 amide bonds. The molecule has 2 aliphatic rings. The molecule has 0 atom stereocenters. The molecule has 2 fully saturated rings. The lowest BCUT2D eigenvalue weighted by molar-refractivity contribution is -0.141. The molecule has 0 saturated heterocycles. The van der Waals surface area contributed by atoms with E-state index in [1.807, 2.05) is 0 Å². The van der Waals surface area contributed by atoms with Crippen molar-refractivity contribution >= 4 is 29.2 Å². The van der Waals surface area contributed by atoms with Crippen molar-refractivity contribution in [2.75, 3.05) is 13.2 Å². The van der Waals surface area contributed by atoms with Crippen molar-refractivity contribution in [2.45, 2.75) is 81.8 Å². The van der Waals surface area contributed by atoms with E-state index in [9.17, 15) is 9.59 Å². The maximum atomic E-state index is 12.4. The first-order valence-electron chi connectivity index (χ1n) is 9.64. The van der Waals surface area contributed by atoms with Gasteiger partial charge in [0.15, 0.2) is 5.78 Å². The SMILES string of the molecule is CC(=O)O/N=C(/C)C(=O)C1CCC(SC2CCC(OCCO)CC2)CC1. The molecule has 26 heavy (non-hydrogen) atoms. The van der Waals surface area contributed by atoms with Crippen molar-refractivity contribution in [2.24, 2.45) is 11.1 Å². The number of carbonyl (C=O) groups is 2. The Bertz CT molecular complexity index is 494. The third-order valence-electron chi connectivity index (χ3n) is 5.16. The van der Waals surface area contributed by atoms with Gasteiger partial charge in [-0.05, 0) is 58.3 Å². The highest BCUT2D eigenvalue weighted by Gasteiger charge is 2.30. The molecule has 148 valence electrons. The zero-order chi connectivity index (χ0) is 18.9. The minimum absolute atomic E-state index is 0.00813. The number of hydrogen-bond acceptors (Lipinski definition) is 7. The second kappa shape index (κ2) is 11.0. The predicted molar refractivity (Wildman–Crippen MR) is 102 cm³/mol. The number of ketones is 1. The van der Waals surface area contributed by atoms with Crippen LogP contribution in [-0.2, 0) is 19.2 Å². The van der Waals surface area contributed by atoms with Gasteiger partial charge in [-0.1, -0.05) is 5.16 Å². The lowest BCUT2D eigenvalue weighted by atomic mass is 9.84. The van der Waals surface area contributed by atoms with Gasteiger partial charge in [0.05, 0.1) is 19.3 Å². The topological polar surface area (TPSA) is 85.2 Å². The molecule has 0 unspecified atom stereocenters. The normalized spacial score (nSPS) is 30.0. The summed E-state index contributed by atoms with van der Waals surface area (Å²) in [4.78, 5) is 27.7. The van der Waals surface area contributed by atoms with Gasteiger partial charge in [0.2, 0.25) is 0 Å².